The second-order valence-electron chi connectivity index (χ2n) is 4.78. The van der Waals surface area contributed by atoms with Crippen molar-refractivity contribution in [2.75, 3.05) is 0 Å². The fourth-order valence-electron chi connectivity index (χ4n) is 1.97. The monoisotopic (exact) mass is 265 g/mol. The molecule has 0 radical (unpaired) electrons. The normalized spacial score (nSPS) is 10.1. The molecule has 0 heterocycles. The lowest BCUT2D eigenvalue weighted by atomic mass is 10.0. The average Bonchev–Trinajstić information content (AvgIpc) is 2.48. The molecular formula is C17H15NO2. The molecule has 2 rings (SSSR count). The maximum Gasteiger partial charge on any atom is 0.150 e. The number of carbonyl (C=O) groups excluding carboxylic acids is 1. The van der Waals surface area contributed by atoms with Gasteiger partial charge in [0.15, 0.2) is 0 Å². The van der Waals surface area contributed by atoms with Crippen LogP contribution in [0.3, 0.4) is 0 Å². The number of carbonyl (C=O) groups is 1. The Bertz CT molecular complexity index is 669. The van der Waals surface area contributed by atoms with E-state index in [0.29, 0.717) is 29.1 Å². The van der Waals surface area contributed by atoms with E-state index in [4.69, 9.17) is 10.00 Å². The number of ether oxygens (including phenoxy) is 1. The Morgan fingerprint density at radius 3 is 2.55 bits per heavy atom. The Balaban J connectivity index is 2.40. The first kappa shape index (κ1) is 13.8. The molecule has 0 bridgehead atoms. The van der Waals surface area contributed by atoms with Gasteiger partial charge in [-0.15, -0.1) is 0 Å². The van der Waals surface area contributed by atoms with Crippen LogP contribution in [-0.2, 0) is 0 Å². The van der Waals surface area contributed by atoms with Crippen LogP contribution in [0.2, 0.25) is 0 Å². The van der Waals surface area contributed by atoms with Crippen LogP contribution in [0.25, 0.3) is 0 Å². The number of para-hydroxylation sites is 1. The second-order valence-corrected chi connectivity index (χ2v) is 4.78. The van der Waals surface area contributed by atoms with Gasteiger partial charge in [-0.05, 0) is 35.7 Å². The van der Waals surface area contributed by atoms with Gasteiger partial charge in [0.1, 0.15) is 23.9 Å². The molecule has 20 heavy (non-hydrogen) atoms. The van der Waals surface area contributed by atoms with Gasteiger partial charge < -0.3 is 4.74 Å². The molecule has 0 fully saturated rings. The summed E-state index contributed by atoms with van der Waals surface area (Å²) < 4.78 is 5.85. The SMILES string of the molecule is CC(C)c1ccccc1Oc1ccc(C=O)cc1C#N. The number of benzene rings is 2. The van der Waals surface area contributed by atoms with Crippen molar-refractivity contribution in [3.05, 3.63) is 59.2 Å². The summed E-state index contributed by atoms with van der Waals surface area (Å²) in [5.74, 6) is 1.52. The summed E-state index contributed by atoms with van der Waals surface area (Å²) in [6.45, 7) is 4.17. The van der Waals surface area contributed by atoms with Crippen molar-refractivity contribution in [3.8, 4) is 17.6 Å². The van der Waals surface area contributed by atoms with Gasteiger partial charge in [-0.1, -0.05) is 32.0 Å². The van der Waals surface area contributed by atoms with E-state index in [1.165, 1.54) is 6.07 Å². The minimum absolute atomic E-state index is 0.325. The zero-order valence-corrected chi connectivity index (χ0v) is 11.5. The molecule has 0 aliphatic rings. The maximum absolute atomic E-state index is 10.7. The molecule has 0 saturated carbocycles. The lowest BCUT2D eigenvalue weighted by molar-refractivity contribution is 0.112. The number of nitriles is 1. The van der Waals surface area contributed by atoms with Crippen LogP contribution in [0.15, 0.2) is 42.5 Å². The summed E-state index contributed by atoms with van der Waals surface area (Å²) in [4.78, 5) is 10.7. The van der Waals surface area contributed by atoms with E-state index in [1.807, 2.05) is 24.3 Å². The van der Waals surface area contributed by atoms with Crippen LogP contribution in [0, 0.1) is 11.3 Å². The van der Waals surface area contributed by atoms with Gasteiger partial charge in [-0.2, -0.15) is 5.26 Å². The van der Waals surface area contributed by atoms with E-state index in [1.54, 1.807) is 12.1 Å². The Morgan fingerprint density at radius 1 is 1.15 bits per heavy atom. The first-order chi connectivity index (χ1) is 9.65. The van der Waals surface area contributed by atoms with Gasteiger partial charge in [0.25, 0.3) is 0 Å². The zero-order valence-electron chi connectivity index (χ0n) is 11.5. The summed E-state index contributed by atoms with van der Waals surface area (Å²) in [6.07, 6.45) is 0.715. The number of hydrogen-bond acceptors (Lipinski definition) is 3. The van der Waals surface area contributed by atoms with E-state index in [9.17, 15) is 4.79 Å². The Hall–Kier alpha value is -2.60. The Morgan fingerprint density at radius 2 is 1.90 bits per heavy atom. The fraction of sp³-hybridized carbons (Fsp3) is 0.176. The molecule has 0 aliphatic heterocycles. The third-order valence-electron chi connectivity index (χ3n) is 3.02. The van der Waals surface area contributed by atoms with E-state index in [2.05, 4.69) is 19.9 Å². The van der Waals surface area contributed by atoms with Crippen molar-refractivity contribution in [3.63, 3.8) is 0 Å². The molecule has 0 aliphatic carbocycles. The van der Waals surface area contributed by atoms with Gasteiger partial charge in [-0.3, -0.25) is 4.79 Å². The molecule has 3 nitrogen and oxygen atoms in total. The van der Waals surface area contributed by atoms with Crippen molar-refractivity contribution >= 4 is 6.29 Å². The second kappa shape index (κ2) is 6.03. The molecule has 0 amide bonds. The van der Waals surface area contributed by atoms with Gasteiger partial charge in [0.05, 0.1) is 5.56 Å². The highest BCUT2D eigenvalue weighted by Gasteiger charge is 2.11. The van der Waals surface area contributed by atoms with Gasteiger partial charge in [-0.25, -0.2) is 0 Å². The van der Waals surface area contributed by atoms with Crippen LogP contribution < -0.4 is 4.74 Å². The molecule has 0 saturated heterocycles. The lowest BCUT2D eigenvalue weighted by Crippen LogP contribution is -1.95. The quantitative estimate of drug-likeness (QED) is 0.775. The standard InChI is InChI=1S/C17H15NO2/c1-12(2)15-5-3-4-6-17(15)20-16-8-7-13(11-19)9-14(16)10-18/h3-9,11-12H,1-2H3. The number of aldehydes is 1. The predicted molar refractivity (Wildman–Crippen MR) is 77.1 cm³/mol. The lowest BCUT2D eigenvalue weighted by Gasteiger charge is -2.14. The van der Waals surface area contributed by atoms with Crippen molar-refractivity contribution < 1.29 is 9.53 Å². The molecule has 0 N–H and O–H groups in total. The largest absolute Gasteiger partial charge is 0.456 e. The minimum Gasteiger partial charge on any atom is -0.456 e. The smallest absolute Gasteiger partial charge is 0.150 e. The van der Waals surface area contributed by atoms with Gasteiger partial charge in [0.2, 0.25) is 0 Å². The molecule has 2 aromatic carbocycles. The van der Waals surface area contributed by atoms with Crippen molar-refractivity contribution in [2.24, 2.45) is 0 Å². The molecule has 100 valence electrons. The number of hydrogen-bond donors (Lipinski definition) is 0. The minimum atomic E-state index is 0.325. The maximum atomic E-state index is 10.7. The average molecular weight is 265 g/mol. The van der Waals surface area contributed by atoms with Crippen molar-refractivity contribution in [1.82, 2.24) is 0 Å². The third-order valence-corrected chi connectivity index (χ3v) is 3.02. The topological polar surface area (TPSA) is 50.1 Å². The van der Waals surface area contributed by atoms with Gasteiger partial charge in [0, 0.05) is 5.56 Å². The highest BCUT2D eigenvalue weighted by Crippen LogP contribution is 2.32. The van der Waals surface area contributed by atoms with Crippen LogP contribution >= 0.6 is 0 Å². The predicted octanol–water partition coefficient (Wildman–Crippen LogP) is 4.29. The van der Waals surface area contributed by atoms with E-state index in [-0.39, 0.29) is 0 Å². The fourth-order valence-corrected chi connectivity index (χ4v) is 1.97. The first-order valence-electron chi connectivity index (χ1n) is 6.41. The number of nitrogens with zero attached hydrogens (tertiary/aromatic N) is 1. The van der Waals surface area contributed by atoms with Crippen LogP contribution in [0.4, 0.5) is 0 Å². The summed E-state index contributed by atoms with van der Waals surface area (Å²) in [6, 6.07) is 14.6. The van der Waals surface area contributed by atoms with Crippen LogP contribution in [-0.4, -0.2) is 6.29 Å². The van der Waals surface area contributed by atoms with E-state index in [0.717, 1.165) is 11.3 Å². The summed E-state index contributed by atoms with van der Waals surface area (Å²) in [5, 5.41) is 9.15. The van der Waals surface area contributed by atoms with E-state index >= 15 is 0 Å². The van der Waals surface area contributed by atoms with Crippen LogP contribution in [0.5, 0.6) is 11.5 Å². The molecule has 3 heteroatoms. The summed E-state index contributed by atoms with van der Waals surface area (Å²) in [5.41, 5.74) is 1.90. The zero-order chi connectivity index (χ0) is 14.5. The Kier molecular flexibility index (Phi) is 4.17. The van der Waals surface area contributed by atoms with E-state index < -0.39 is 0 Å². The number of rotatable bonds is 4. The van der Waals surface area contributed by atoms with Gasteiger partial charge >= 0.3 is 0 Å². The molecule has 0 atom stereocenters. The summed E-state index contributed by atoms with van der Waals surface area (Å²) >= 11 is 0. The molecule has 0 aromatic heterocycles. The molecule has 2 aromatic rings. The van der Waals surface area contributed by atoms with Crippen LogP contribution in [0.1, 0.15) is 41.3 Å². The van der Waals surface area contributed by atoms with Crippen molar-refractivity contribution in [1.29, 1.82) is 5.26 Å². The Labute approximate surface area is 118 Å². The first-order valence-corrected chi connectivity index (χ1v) is 6.41. The van der Waals surface area contributed by atoms with Crippen molar-refractivity contribution in [2.45, 2.75) is 19.8 Å². The molecule has 0 unspecified atom stereocenters. The third kappa shape index (κ3) is 2.86. The summed E-state index contributed by atoms with van der Waals surface area (Å²) in [7, 11) is 0. The molecular weight excluding hydrogens is 250 g/mol. The highest BCUT2D eigenvalue weighted by molar-refractivity contribution is 5.76. The highest BCUT2D eigenvalue weighted by atomic mass is 16.5. The molecule has 0 spiro atoms.